The van der Waals surface area contributed by atoms with Crippen molar-refractivity contribution in [2.45, 2.75) is 6.92 Å². The second-order valence-electron chi connectivity index (χ2n) is 9.74. The van der Waals surface area contributed by atoms with Crippen LogP contribution in [0.25, 0.3) is 55.8 Å². The molecule has 2 aromatic carbocycles. The van der Waals surface area contributed by atoms with Crippen LogP contribution in [-0.2, 0) is 0 Å². The molecular weight excluding hydrogens is 498 g/mol. The lowest BCUT2D eigenvalue weighted by atomic mass is 10.00. The highest BCUT2D eigenvalue weighted by atomic mass is 19.1. The van der Waals surface area contributed by atoms with Gasteiger partial charge in [0.25, 0.3) is 0 Å². The summed E-state index contributed by atoms with van der Waals surface area (Å²) in [5, 5.41) is 11.3. The minimum absolute atomic E-state index is 0.344. The van der Waals surface area contributed by atoms with Crippen molar-refractivity contribution in [2.24, 2.45) is 0 Å². The SMILES string of the molecule is Cc1ccncc1-c1cc2c(-c3nc4nccc(-c5cc(F)cc(NCCN(C)C)c5)c4[nH]3)n[nH]c2cc1F. The summed E-state index contributed by atoms with van der Waals surface area (Å²) in [5.41, 5.74) is 6.38. The van der Waals surface area contributed by atoms with E-state index in [-0.39, 0.29) is 11.6 Å². The maximum Gasteiger partial charge on any atom is 0.178 e. The number of aromatic amines is 2. The minimum Gasteiger partial charge on any atom is -0.384 e. The molecule has 0 aliphatic heterocycles. The second-order valence-corrected chi connectivity index (χ2v) is 9.74. The Morgan fingerprint density at radius 1 is 0.974 bits per heavy atom. The van der Waals surface area contributed by atoms with Crippen LogP contribution in [0.4, 0.5) is 14.5 Å². The summed E-state index contributed by atoms with van der Waals surface area (Å²) >= 11 is 0. The molecule has 0 amide bonds. The van der Waals surface area contributed by atoms with Crippen molar-refractivity contribution in [1.29, 1.82) is 0 Å². The lowest BCUT2D eigenvalue weighted by Gasteiger charge is -2.13. The van der Waals surface area contributed by atoms with Crippen molar-refractivity contribution in [3.8, 4) is 33.8 Å². The van der Waals surface area contributed by atoms with E-state index in [0.717, 1.165) is 17.7 Å². The van der Waals surface area contributed by atoms with Gasteiger partial charge in [-0.2, -0.15) is 5.10 Å². The Kier molecular flexibility index (Phi) is 6.24. The summed E-state index contributed by atoms with van der Waals surface area (Å²) in [6, 6.07) is 11.7. The van der Waals surface area contributed by atoms with Gasteiger partial charge in [0.05, 0.1) is 11.0 Å². The summed E-state index contributed by atoms with van der Waals surface area (Å²) < 4.78 is 29.6. The Morgan fingerprint density at radius 2 is 1.85 bits per heavy atom. The highest BCUT2D eigenvalue weighted by Crippen LogP contribution is 2.35. The van der Waals surface area contributed by atoms with E-state index in [4.69, 9.17) is 0 Å². The summed E-state index contributed by atoms with van der Waals surface area (Å²) in [4.78, 5) is 18.6. The number of imidazole rings is 1. The molecule has 0 aliphatic carbocycles. The molecule has 4 heterocycles. The van der Waals surface area contributed by atoms with Gasteiger partial charge in [-0.3, -0.25) is 10.1 Å². The largest absolute Gasteiger partial charge is 0.384 e. The number of H-pyrrole nitrogens is 2. The fourth-order valence-electron chi connectivity index (χ4n) is 4.71. The van der Waals surface area contributed by atoms with Crippen LogP contribution in [0.1, 0.15) is 5.56 Å². The van der Waals surface area contributed by atoms with Gasteiger partial charge in [-0.1, -0.05) is 0 Å². The number of hydrogen-bond acceptors (Lipinski definition) is 6. The van der Waals surface area contributed by atoms with Gasteiger partial charge in [-0.15, -0.1) is 0 Å². The molecule has 0 bridgehead atoms. The van der Waals surface area contributed by atoms with Gasteiger partial charge < -0.3 is 15.2 Å². The zero-order chi connectivity index (χ0) is 27.1. The third-order valence-electron chi connectivity index (χ3n) is 6.69. The number of hydrogen-bond donors (Lipinski definition) is 3. The molecule has 0 saturated heterocycles. The van der Waals surface area contributed by atoms with Crippen LogP contribution in [0.2, 0.25) is 0 Å². The Labute approximate surface area is 223 Å². The first kappa shape index (κ1) is 24.6. The predicted molar refractivity (Wildman–Crippen MR) is 149 cm³/mol. The van der Waals surface area contributed by atoms with Gasteiger partial charge in [0, 0.05) is 65.5 Å². The number of anilines is 1. The molecule has 39 heavy (non-hydrogen) atoms. The van der Waals surface area contributed by atoms with Gasteiger partial charge in [-0.05, 0) is 68.5 Å². The van der Waals surface area contributed by atoms with Gasteiger partial charge in [0.15, 0.2) is 11.5 Å². The van der Waals surface area contributed by atoms with Gasteiger partial charge >= 0.3 is 0 Å². The number of aromatic nitrogens is 6. The van der Waals surface area contributed by atoms with Crippen LogP contribution in [0.3, 0.4) is 0 Å². The Morgan fingerprint density at radius 3 is 2.67 bits per heavy atom. The third kappa shape index (κ3) is 4.70. The average Bonchev–Trinajstić information content (AvgIpc) is 3.51. The number of aryl methyl sites for hydroxylation is 1. The third-order valence-corrected chi connectivity index (χ3v) is 6.69. The number of nitrogens with zero attached hydrogens (tertiary/aromatic N) is 5. The van der Waals surface area contributed by atoms with Crippen molar-refractivity contribution >= 4 is 27.8 Å². The van der Waals surface area contributed by atoms with Crippen molar-refractivity contribution in [3.05, 3.63) is 78.3 Å². The topological polar surface area (TPSA) is 98.4 Å². The first-order valence-electron chi connectivity index (χ1n) is 12.5. The molecule has 3 N–H and O–H groups in total. The minimum atomic E-state index is -0.372. The van der Waals surface area contributed by atoms with Crippen LogP contribution in [0.5, 0.6) is 0 Å². The lowest BCUT2D eigenvalue weighted by Crippen LogP contribution is -2.20. The van der Waals surface area contributed by atoms with E-state index in [9.17, 15) is 4.39 Å². The highest BCUT2D eigenvalue weighted by molar-refractivity contribution is 5.97. The Bertz CT molecular complexity index is 1820. The average molecular weight is 525 g/mol. The zero-order valence-corrected chi connectivity index (χ0v) is 21.7. The van der Waals surface area contributed by atoms with Crippen LogP contribution < -0.4 is 5.32 Å². The number of fused-ring (bicyclic) bond motifs is 2. The summed E-state index contributed by atoms with van der Waals surface area (Å²) in [5.74, 6) is -0.246. The van der Waals surface area contributed by atoms with Crippen LogP contribution in [0, 0.1) is 18.6 Å². The van der Waals surface area contributed by atoms with E-state index in [1.54, 1.807) is 24.7 Å². The van der Waals surface area contributed by atoms with Crippen molar-refractivity contribution in [1.82, 2.24) is 35.0 Å². The molecule has 0 radical (unpaired) electrons. The molecule has 0 unspecified atom stereocenters. The lowest BCUT2D eigenvalue weighted by molar-refractivity contribution is 0.425. The Hall–Kier alpha value is -4.70. The maximum atomic E-state index is 15.0. The number of pyridine rings is 2. The first-order chi connectivity index (χ1) is 18.9. The van der Waals surface area contributed by atoms with Crippen molar-refractivity contribution < 1.29 is 8.78 Å². The second kappa shape index (κ2) is 9.88. The fourth-order valence-corrected chi connectivity index (χ4v) is 4.71. The van der Waals surface area contributed by atoms with Crippen LogP contribution in [-0.4, -0.2) is 62.2 Å². The quantitative estimate of drug-likeness (QED) is 0.245. The standard InChI is InChI=1S/C29H26F2N8/c1-16-4-6-32-15-23(16)21-13-22-25(14-24(21)31)37-38-27(22)29-35-26-20(5-7-34-28(26)36-29)17-10-18(30)12-19(11-17)33-8-9-39(2)3/h4-7,10-15,33H,8-9H2,1-3H3,(H,37,38)(H,34,35,36). The number of benzene rings is 2. The summed E-state index contributed by atoms with van der Waals surface area (Å²) in [7, 11) is 3.98. The molecule has 0 atom stereocenters. The van der Waals surface area contributed by atoms with Gasteiger partial charge in [-0.25, -0.2) is 18.7 Å². The maximum absolute atomic E-state index is 15.0. The van der Waals surface area contributed by atoms with E-state index in [1.165, 1.54) is 18.2 Å². The van der Waals surface area contributed by atoms with Crippen molar-refractivity contribution in [3.63, 3.8) is 0 Å². The predicted octanol–water partition coefficient (Wildman–Crippen LogP) is 5.79. The van der Waals surface area contributed by atoms with Gasteiger partial charge in [0.1, 0.15) is 17.3 Å². The fraction of sp³-hybridized carbons (Fsp3) is 0.172. The molecule has 10 heteroatoms. The normalized spacial score (nSPS) is 11.6. The number of rotatable bonds is 7. The summed E-state index contributed by atoms with van der Waals surface area (Å²) in [6.07, 6.45) is 4.98. The molecule has 6 aromatic rings. The molecule has 0 fully saturated rings. The van der Waals surface area contributed by atoms with E-state index >= 15 is 4.39 Å². The Balaban J connectivity index is 1.43. The van der Waals surface area contributed by atoms with Gasteiger partial charge in [0.2, 0.25) is 0 Å². The molecule has 0 spiro atoms. The molecule has 0 saturated carbocycles. The number of nitrogens with one attached hydrogen (secondary N) is 3. The number of likely N-dealkylation sites (N-methyl/N-ethyl adjacent to an activating group) is 1. The smallest absolute Gasteiger partial charge is 0.178 e. The molecule has 0 aliphatic rings. The van der Waals surface area contributed by atoms with Crippen molar-refractivity contribution in [2.75, 3.05) is 32.5 Å². The highest BCUT2D eigenvalue weighted by Gasteiger charge is 2.19. The number of halogens is 2. The molecule has 6 rings (SSSR count). The van der Waals surface area contributed by atoms with E-state index in [2.05, 4.69) is 40.3 Å². The first-order valence-corrected chi connectivity index (χ1v) is 12.5. The molecule has 196 valence electrons. The molecule has 4 aromatic heterocycles. The zero-order valence-electron chi connectivity index (χ0n) is 21.7. The van der Waals surface area contributed by atoms with Crippen LogP contribution in [0.15, 0.2) is 61.1 Å². The van der Waals surface area contributed by atoms with E-state index in [0.29, 0.717) is 62.5 Å². The van der Waals surface area contributed by atoms with Crippen LogP contribution >= 0.6 is 0 Å². The van der Waals surface area contributed by atoms with E-state index in [1.807, 2.05) is 39.2 Å². The molecular formula is C29H26F2N8. The summed E-state index contributed by atoms with van der Waals surface area (Å²) in [6.45, 7) is 3.42. The monoisotopic (exact) mass is 524 g/mol. The van der Waals surface area contributed by atoms with E-state index < -0.39 is 0 Å². The molecule has 8 nitrogen and oxygen atoms in total.